The maximum absolute atomic E-state index is 12.9. The largest absolute Gasteiger partial charge is 0.507 e. The number of phenolic OH excluding ortho intramolecular Hbond substituents is 1. The first-order valence-electron chi connectivity index (χ1n) is 27.8. The molecule has 8 aromatic carbocycles. The van der Waals surface area contributed by atoms with Crippen molar-refractivity contribution in [2.45, 2.75) is 96.3 Å². The molecule has 0 radical (unpaired) electrons. The number of aromatic nitrogens is 3. The molecule has 2 aromatic heterocycles. The number of para-hydroxylation sites is 2. The molecule has 4 nitrogen and oxygen atoms in total. The smallest absolute Gasteiger partial charge is 0.148 e. The van der Waals surface area contributed by atoms with Gasteiger partial charge in [0.2, 0.25) is 0 Å². The summed E-state index contributed by atoms with van der Waals surface area (Å²) in [5.74, 6) is 1.30. The van der Waals surface area contributed by atoms with Crippen LogP contribution in [0.25, 0.3) is 95.0 Å². The van der Waals surface area contributed by atoms with Crippen molar-refractivity contribution in [2.75, 3.05) is 0 Å². The Kier molecular flexibility index (Phi) is 13.7. The standard InChI is InChI=1S/C70H64N3O.Pt/c1-70(2,3)57-44-55(43-56(45-57)64-46-54(39-40-71-64)51-36-34-50(35-37-51)49-21-7-4-8-22-49)59-29-18-32-66-67(59)72-69(62-31-17-30-61(68(62)74)60-28-16-15-27-58(60)52-23-9-5-10-24-52)73(66)65-38-33-48(41-47-19-13-14-20-47)42-63(65)53-25-11-6-12-26-53;/h5-6,9-12,15-18,23-40,42,44-47,49,74H,4,7-8,13-14,19-22,41H2,1-3H3;/q-1;/i41D2;. The van der Waals surface area contributed by atoms with Crippen LogP contribution in [0.4, 0.5) is 0 Å². The van der Waals surface area contributed by atoms with Crippen LogP contribution in [0.2, 0.25) is 0 Å². The molecule has 2 aliphatic rings. The van der Waals surface area contributed by atoms with Crippen molar-refractivity contribution < 1.29 is 28.9 Å². The van der Waals surface area contributed by atoms with E-state index in [1.165, 1.54) is 43.2 Å². The summed E-state index contributed by atoms with van der Waals surface area (Å²) in [5.41, 5.74) is 17.4. The molecule has 0 bridgehead atoms. The molecule has 2 fully saturated rings. The van der Waals surface area contributed by atoms with Gasteiger partial charge in [0.15, 0.2) is 0 Å². The molecule has 0 saturated heterocycles. The Hall–Kier alpha value is -7.13. The number of phenols is 1. The molecule has 0 atom stereocenters. The second-order valence-corrected chi connectivity index (χ2v) is 21.6. The van der Waals surface area contributed by atoms with E-state index < -0.39 is 6.37 Å². The molecule has 2 saturated carbocycles. The van der Waals surface area contributed by atoms with E-state index in [0.717, 1.165) is 104 Å². The molecule has 75 heavy (non-hydrogen) atoms. The van der Waals surface area contributed by atoms with Crippen molar-refractivity contribution in [3.05, 3.63) is 217 Å². The predicted molar refractivity (Wildman–Crippen MR) is 308 cm³/mol. The quantitative estimate of drug-likeness (QED) is 0.131. The number of hydrogen-bond acceptors (Lipinski definition) is 3. The van der Waals surface area contributed by atoms with Crippen LogP contribution in [0.1, 0.15) is 104 Å². The fraction of sp³-hybridized carbons (Fsp3) is 0.229. The maximum atomic E-state index is 12.9. The summed E-state index contributed by atoms with van der Waals surface area (Å²) in [5, 5.41) is 12.9. The van der Waals surface area contributed by atoms with E-state index in [2.05, 4.69) is 147 Å². The predicted octanol–water partition coefficient (Wildman–Crippen LogP) is 18.7. The van der Waals surface area contributed by atoms with Crippen LogP contribution >= 0.6 is 0 Å². The van der Waals surface area contributed by atoms with Crippen LogP contribution < -0.4 is 0 Å². The number of fused-ring (bicyclic) bond motifs is 1. The maximum Gasteiger partial charge on any atom is 0.148 e. The SMILES string of the molecule is [2H]C([2H])(c1ccc(-n2c(-c3cccc(-c4ccccc4-c4ccccc4)c3O)nc3c(-c4[c-]c(-c5cc(-c6ccc(C7CCCCC7)cc6)ccn5)cc(C(C)(C)C)c4)cccc32)c(-c2ccccc2)c1)C1CCCC1.[Pt]. The van der Waals surface area contributed by atoms with Gasteiger partial charge in [0, 0.05) is 46.8 Å². The summed E-state index contributed by atoms with van der Waals surface area (Å²) in [6.45, 7) is 6.74. The molecule has 5 heteroatoms. The molecule has 0 spiro atoms. The summed E-state index contributed by atoms with van der Waals surface area (Å²) in [6, 6.07) is 69.1. The number of rotatable bonds is 11. The topological polar surface area (TPSA) is 50.9 Å². The molecule has 1 N–H and O–H groups in total. The molecule has 0 unspecified atom stereocenters. The molecule has 2 heterocycles. The van der Waals surface area contributed by atoms with Gasteiger partial charge in [0.05, 0.1) is 22.3 Å². The van der Waals surface area contributed by atoms with Crippen LogP contribution in [-0.2, 0) is 32.9 Å². The van der Waals surface area contributed by atoms with Crippen LogP contribution in [0.3, 0.4) is 0 Å². The Morgan fingerprint density at radius 2 is 1.19 bits per heavy atom. The van der Waals surface area contributed by atoms with Gasteiger partial charge in [-0.15, -0.1) is 29.3 Å². The Morgan fingerprint density at radius 1 is 0.560 bits per heavy atom. The summed E-state index contributed by atoms with van der Waals surface area (Å²) in [6.07, 6.45) is 10.8. The average Bonchev–Trinajstić information content (AvgIpc) is 4.17. The van der Waals surface area contributed by atoms with Crippen molar-refractivity contribution in [1.82, 2.24) is 14.5 Å². The Labute approximate surface area is 460 Å². The fourth-order valence-corrected chi connectivity index (χ4v) is 11.7. The van der Waals surface area contributed by atoms with Gasteiger partial charge >= 0.3 is 0 Å². The van der Waals surface area contributed by atoms with E-state index in [1.807, 2.05) is 79.0 Å². The minimum absolute atomic E-state index is 0. The Morgan fingerprint density at radius 3 is 1.92 bits per heavy atom. The van der Waals surface area contributed by atoms with E-state index in [1.54, 1.807) is 0 Å². The molecule has 10 aromatic rings. The second kappa shape index (κ2) is 21.6. The Bertz CT molecular complexity index is 3720. The molecular formula is C70H64N3OPt-. The van der Waals surface area contributed by atoms with Gasteiger partial charge in [0.25, 0.3) is 0 Å². The first kappa shape index (κ1) is 47.6. The van der Waals surface area contributed by atoms with Crippen LogP contribution in [0.15, 0.2) is 194 Å². The van der Waals surface area contributed by atoms with Crippen LogP contribution in [-0.4, -0.2) is 19.6 Å². The van der Waals surface area contributed by atoms with E-state index in [9.17, 15) is 7.85 Å². The minimum atomic E-state index is -1.51. The van der Waals surface area contributed by atoms with E-state index in [4.69, 9.17) is 9.97 Å². The first-order chi connectivity index (χ1) is 37.0. The normalized spacial score (nSPS) is 14.9. The molecular weight excluding hydrogens is 1090 g/mol. The van der Waals surface area contributed by atoms with Crippen molar-refractivity contribution >= 4 is 11.0 Å². The van der Waals surface area contributed by atoms with Crippen molar-refractivity contribution in [3.8, 4) is 89.7 Å². The number of pyridine rings is 1. The van der Waals surface area contributed by atoms with Crippen LogP contribution in [0, 0.1) is 12.0 Å². The van der Waals surface area contributed by atoms with Gasteiger partial charge in [-0.1, -0.05) is 222 Å². The molecule has 0 aliphatic heterocycles. The number of hydrogen-bond donors (Lipinski definition) is 1. The number of nitrogens with zero attached hydrogens (tertiary/aromatic N) is 3. The Balaban J connectivity index is 0.00000631. The summed E-state index contributed by atoms with van der Waals surface area (Å²) >= 11 is 0. The van der Waals surface area contributed by atoms with Gasteiger partial charge in [0.1, 0.15) is 11.6 Å². The monoisotopic (exact) mass is 1160 g/mol. The van der Waals surface area contributed by atoms with Crippen molar-refractivity contribution in [3.63, 3.8) is 0 Å². The van der Waals surface area contributed by atoms with E-state index in [0.29, 0.717) is 28.4 Å². The van der Waals surface area contributed by atoms with Crippen molar-refractivity contribution in [1.29, 1.82) is 0 Å². The third-order valence-electron chi connectivity index (χ3n) is 15.7. The number of benzene rings is 8. The zero-order chi connectivity index (χ0) is 52.0. The molecule has 0 amide bonds. The average molecular weight is 1160 g/mol. The summed E-state index contributed by atoms with van der Waals surface area (Å²) < 4.78 is 21.3. The van der Waals surface area contributed by atoms with Gasteiger partial charge in [-0.2, -0.15) is 0 Å². The van der Waals surface area contributed by atoms with Crippen molar-refractivity contribution in [2.24, 2.45) is 5.92 Å². The number of imidazole rings is 1. The molecule has 2 aliphatic carbocycles. The molecule has 376 valence electrons. The first-order valence-corrected chi connectivity index (χ1v) is 26.8. The van der Waals surface area contributed by atoms with Gasteiger partial charge in [-0.3, -0.25) is 9.55 Å². The summed E-state index contributed by atoms with van der Waals surface area (Å²) in [7, 11) is 0. The second-order valence-electron chi connectivity index (χ2n) is 21.6. The van der Waals surface area contributed by atoms with Gasteiger partial charge in [-0.05, 0) is 111 Å². The van der Waals surface area contributed by atoms with Crippen LogP contribution in [0.5, 0.6) is 5.75 Å². The minimum Gasteiger partial charge on any atom is -0.507 e. The zero-order valence-electron chi connectivity index (χ0n) is 45.1. The fourth-order valence-electron chi connectivity index (χ4n) is 11.7. The van der Waals surface area contributed by atoms with E-state index in [-0.39, 0.29) is 38.1 Å². The third-order valence-corrected chi connectivity index (χ3v) is 15.7. The van der Waals surface area contributed by atoms with E-state index >= 15 is 0 Å². The van der Waals surface area contributed by atoms with Gasteiger partial charge in [-0.25, -0.2) is 4.98 Å². The zero-order valence-corrected chi connectivity index (χ0v) is 45.4. The third kappa shape index (κ3) is 10.2. The van der Waals surface area contributed by atoms with Gasteiger partial charge < -0.3 is 5.11 Å². The summed E-state index contributed by atoms with van der Waals surface area (Å²) in [4.78, 5) is 10.7. The number of aromatic hydroxyl groups is 1. The molecule has 12 rings (SSSR count).